The number of aryl methyl sites for hydroxylation is 1. The fourth-order valence-corrected chi connectivity index (χ4v) is 3.59. The molecule has 0 fully saturated rings. The molecule has 0 bridgehead atoms. The molecular formula is C15H16BrNO2. The van der Waals surface area contributed by atoms with Crippen molar-refractivity contribution in [2.75, 3.05) is 7.11 Å². The largest absolute Gasteiger partial charge is 0.469 e. The topological polar surface area (TPSA) is 50.1 Å². The van der Waals surface area contributed by atoms with Gasteiger partial charge in [0.15, 0.2) is 0 Å². The van der Waals surface area contributed by atoms with Gasteiger partial charge in [0.2, 0.25) is 0 Å². The number of hydrogen-bond acceptors (Lipinski definition) is 3. The number of nitrogens with zero attached hydrogens (tertiary/aromatic N) is 1. The van der Waals surface area contributed by atoms with Gasteiger partial charge in [0, 0.05) is 4.47 Å². The average molecular weight is 322 g/mol. The van der Waals surface area contributed by atoms with E-state index in [1.54, 1.807) is 0 Å². The summed E-state index contributed by atoms with van der Waals surface area (Å²) < 4.78 is 5.79. The van der Waals surface area contributed by atoms with Crippen LogP contribution in [0.5, 0.6) is 0 Å². The summed E-state index contributed by atoms with van der Waals surface area (Å²) in [7, 11) is 1.36. The Morgan fingerprint density at radius 2 is 2.32 bits per heavy atom. The summed E-state index contributed by atoms with van der Waals surface area (Å²) in [6, 6.07) is 6.46. The molecule has 1 aliphatic rings. The van der Waals surface area contributed by atoms with Crippen molar-refractivity contribution >= 4 is 21.9 Å². The van der Waals surface area contributed by atoms with Crippen LogP contribution in [-0.2, 0) is 21.4 Å². The Kier molecular flexibility index (Phi) is 3.96. The maximum Gasteiger partial charge on any atom is 0.307 e. The lowest BCUT2D eigenvalue weighted by molar-refractivity contribution is -0.141. The van der Waals surface area contributed by atoms with Crippen molar-refractivity contribution in [3.63, 3.8) is 0 Å². The van der Waals surface area contributed by atoms with Crippen molar-refractivity contribution in [2.24, 2.45) is 0 Å². The van der Waals surface area contributed by atoms with Gasteiger partial charge < -0.3 is 4.74 Å². The van der Waals surface area contributed by atoms with Gasteiger partial charge >= 0.3 is 5.97 Å². The van der Waals surface area contributed by atoms with Crippen molar-refractivity contribution in [1.29, 1.82) is 5.26 Å². The van der Waals surface area contributed by atoms with Crippen LogP contribution in [-0.4, -0.2) is 13.1 Å². The molecule has 0 aliphatic heterocycles. The summed E-state index contributed by atoms with van der Waals surface area (Å²) in [5.74, 6) is -0.327. The Balaban J connectivity index is 2.56. The van der Waals surface area contributed by atoms with Crippen LogP contribution in [0.3, 0.4) is 0 Å². The number of methoxy groups -OCH3 is 1. The summed E-state index contributed by atoms with van der Waals surface area (Å²) in [6.07, 6.45) is 2.70. The lowest BCUT2D eigenvalue weighted by atomic mass is 9.68. The third kappa shape index (κ3) is 2.52. The molecule has 1 atom stereocenters. The molecule has 1 aliphatic carbocycles. The minimum atomic E-state index is -0.741. The van der Waals surface area contributed by atoms with Crippen LogP contribution in [0.25, 0.3) is 0 Å². The SMILES string of the molecule is COC(=O)CC1(C#N)CCCc2c(Br)cc(C)cc21. The molecule has 0 aromatic heterocycles. The summed E-state index contributed by atoms with van der Waals surface area (Å²) in [5, 5.41) is 9.64. The van der Waals surface area contributed by atoms with Gasteiger partial charge in [-0.1, -0.05) is 22.0 Å². The van der Waals surface area contributed by atoms with Gasteiger partial charge in [-0.05, 0) is 48.9 Å². The lowest BCUT2D eigenvalue weighted by Gasteiger charge is -2.33. The van der Waals surface area contributed by atoms with Crippen LogP contribution in [0.15, 0.2) is 16.6 Å². The number of carbonyl (C=O) groups excluding carboxylic acids is 1. The highest BCUT2D eigenvalue weighted by atomic mass is 79.9. The molecule has 0 amide bonds. The van der Waals surface area contributed by atoms with Crippen molar-refractivity contribution in [3.05, 3.63) is 33.3 Å². The number of ether oxygens (including phenoxy) is 1. The fourth-order valence-electron chi connectivity index (χ4n) is 2.81. The van der Waals surface area contributed by atoms with Gasteiger partial charge in [-0.25, -0.2) is 0 Å². The average Bonchev–Trinajstić information content (AvgIpc) is 2.39. The van der Waals surface area contributed by atoms with Gasteiger partial charge in [-0.3, -0.25) is 4.79 Å². The highest BCUT2D eigenvalue weighted by Crippen LogP contribution is 2.42. The molecular weight excluding hydrogens is 306 g/mol. The molecule has 0 saturated heterocycles. The maximum absolute atomic E-state index is 11.6. The second kappa shape index (κ2) is 5.34. The fraction of sp³-hybridized carbons (Fsp3) is 0.467. The van der Waals surface area contributed by atoms with E-state index in [9.17, 15) is 10.1 Å². The normalized spacial score (nSPS) is 21.4. The van der Waals surface area contributed by atoms with Gasteiger partial charge in [-0.2, -0.15) is 5.26 Å². The lowest BCUT2D eigenvalue weighted by Crippen LogP contribution is -2.32. The number of carbonyl (C=O) groups is 1. The molecule has 100 valence electrons. The first-order valence-electron chi connectivity index (χ1n) is 6.30. The van der Waals surface area contributed by atoms with Crippen molar-refractivity contribution in [1.82, 2.24) is 0 Å². The van der Waals surface area contributed by atoms with Gasteiger partial charge in [0.25, 0.3) is 0 Å². The first-order valence-corrected chi connectivity index (χ1v) is 7.09. The molecule has 3 nitrogen and oxygen atoms in total. The minimum absolute atomic E-state index is 0.128. The summed E-state index contributed by atoms with van der Waals surface area (Å²) >= 11 is 3.57. The van der Waals surface area contributed by atoms with Crippen LogP contribution >= 0.6 is 15.9 Å². The molecule has 4 heteroatoms. The predicted molar refractivity (Wildman–Crippen MR) is 75.7 cm³/mol. The Morgan fingerprint density at radius 1 is 1.58 bits per heavy atom. The third-order valence-corrected chi connectivity index (χ3v) is 4.48. The highest BCUT2D eigenvalue weighted by molar-refractivity contribution is 9.10. The van der Waals surface area contributed by atoms with E-state index in [1.807, 2.05) is 13.0 Å². The van der Waals surface area contributed by atoms with Crippen LogP contribution in [0.1, 0.15) is 36.0 Å². The van der Waals surface area contributed by atoms with Gasteiger partial charge in [-0.15, -0.1) is 0 Å². The van der Waals surface area contributed by atoms with Crippen LogP contribution in [0.2, 0.25) is 0 Å². The number of nitriles is 1. The molecule has 0 radical (unpaired) electrons. The van der Waals surface area contributed by atoms with Crippen molar-refractivity contribution < 1.29 is 9.53 Å². The summed E-state index contributed by atoms with van der Waals surface area (Å²) in [6.45, 7) is 2.00. The summed E-state index contributed by atoms with van der Waals surface area (Å²) in [5.41, 5.74) is 2.49. The highest BCUT2D eigenvalue weighted by Gasteiger charge is 2.40. The zero-order valence-corrected chi connectivity index (χ0v) is 12.7. The number of esters is 1. The number of benzene rings is 1. The predicted octanol–water partition coefficient (Wildman–Crippen LogP) is 3.42. The van der Waals surface area contributed by atoms with E-state index in [0.29, 0.717) is 6.42 Å². The molecule has 0 heterocycles. The van der Waals surface area contributed by atoms with Gasteiger partial charge in [0.05, 0.1) is 25.0 Å². The minimum Gasteiger partial charge on any atom is -0.469 e. The van der Waals surface area contributed by atoms with Crippen LogP contribution in [0, 0.1) is 18.3 Å². The van der Waals surface area contributed by atoms with E-state index in [1.165, 1.54) is 7.11 Å². The smallest absolute Gasteiger partial charge is 0.307 e. The Morgan fingerprint density at radius 3 is 2.95 bits per heavy atom. The van der Waals surface area contributed by atoms with E-state index >= 15 is 0 Å². The van der Waals surface area contributed by atoms with Crippen LogP contribution in [0.4, 0.5) is 0 Å². The number of fused-ring (bicyclic) bond motifs is 1. The molecule has 1 aromatic rings. The molecule has 0 saturated carbocycles. The number of halogens is 1. The number of rotatable bonds is 2. The maximum atomic E-state index is 11.6. The molecule has 2 rings (SSSR count). The van der Waals surface area contributed by atoms with E-state index in [-0.39, 0.29) is 12.4 Å². The number of hydrogen-bond donors (Lipinski definition) is 0. The third-order valence-electron chi connectivity index (χ3n) is 3.77. The Labute approximate surface area is 121 Å². The first kappa shape index (κ1) is 14.1. The summed E-state index contributed by atoms with van der Waals surface area (Å²) in [4.78, 5) is 11.6. The van der Waals surface area contributed by atoms with Gasteiger partial charge in [0.1, 0.15) is 0 Å². The zero-order chi connectivity index (χ0) is 14.0. The van der Waals surface area contributed by atoms with Crippen molar-refractivity contribution in [3.8, 4) is 6.07 Å². The molecule has 19 heavy (non-hydrogen) atoms. The molecule has 0 spiro atoms. The van der Waals surface area contributed by atoms with Crippen molar-refractivity contribution in [2.45, 2.75) is 38.0 Å². The monoisotopic (exact) mass is 321 g/mol. The second-order valence-corrected chi connectivity index (χ2v) is 5.93. The van der Waals surface area contributed by atoms with E-state index in [2.05, 4.69) is 28.1 Å². The standard InChI is InChI=1S/C15H16BrNO2/c1-10-6-12-11(13(16)7-10)4-3-5-15(12,9-17)8-14(18)19-2/h6-7H,3-5,8H2,1-2H3. The quantitative estimate of drug-likeness (QED) is 0.784. The van der Waals surface area contributed by atoms with E-state index < -0.39 is 5.41 Å². The Hall–Kier alpha value is -1.34. The zero-order valence-electron chi connectivity index (χ0n) is 11.1. The molecule has 1 unspecified atom stereocenters. The second-order valence-electron chi connectivity index (χ2n) is 5.07. The first-order chi connectivity index (χ1) is 9.02. The Bertz CT molecular complexity index is 562. The van der Waals surface area contributed by atoms with E-state index in [0.717, 1.165) is 34.0 Å². The van der Waals surface area contributed by atoms with E-state index in [4.69, 9.17) is 4.74 Å². The van der Waals surface area contributed by atoms with Crippen LogP contribution < -0.4 is 0 Å². The molecule has 1 aromatic carbocycles. The molecule has 0 N–H and O–H groups in total.